The van der Waals surface area contributed by atoms with Crippen molar-refractivity contribution in [1.29, 1.82) is 0 Å². The van der Waals surface area contributed by atoms with E-state index in [0.717, 1.165) is 13.1 Å². The molecule has 0 amide bonds. The molecule has 2 aromatic heterocycles. The van der Waals surface area contributed by atoms with Crippen LogP contribution in [0.5, 0.6) is 0 Å². The number of hydrogen-bond acceptors (Lipinski definition) is 0. The van der Waals surface area contributed by atoms with Gasteiger partial charge in [0.25, 0.3) is 0 Å². The van der Waals surface area contributed by atoms with E-state index in [1.54, 1.807) is 0 Å². The number of aryl methyl sites for hydroxylation is 4. The van der Waals surface area contributed by atoms with Crippen LogP contribution >= 0.6 is 0 Å². The quantitative estimate of drug-likeness (QED) is 0.548. The fourth-order valence-electron chi connectivity index (χ4n) is 2.21. The van der Waals surface area contributed by atoms with E-state index in [4.69, 9.17) is 0 Å². The molecule has 20 heavy (non-hydrogen) atoms. The molecule has 0 aliphatic rings. The number of unbranched alkanes of at least 4 members (excludes halogenated alkanes) is 3. The zero-order valence-corrected chi connectivity index (χ0v) is 11.5. The van der Waals surface area contributed by atoms with E-state index in [2.05, 4.69) is 69.8 Å². The summed E-state index contributed by atoms with van der Waals surface area (Å²) in [7, 11) is 4.13. The molecule has 2 aromatic rings. The largest absolute Gasteiger partial charge is 0.243 e. The minimum Gasteiger partial charge on any atom is -0.240 e. The Bertz CT molecular complexity index is 426. The Morgan fingerprint density at radius 2 is 1.10 bits per heavy atom. The number of imidazole rings is 2. The van der Waals surface area contributed by atoms with Crippen LogP contribution in [0.25, 0.3) is 0 Å². The van der Waals surface area contributed by atoms with Gasteiger partial charge >= 0.3 is 0 Å². The summed E-state index contributed by atoms with van der Waals surface area (Å²) in [5.41, 5.74) is 0. The van der Waals surface area contributed by atoms with E-state index in [9.17, 15) is 0 Å². The first kappa shape index (κ1) is 18.4. The van der Waals surface area contributed by atoms with Crippen molar-refractivity contribution in [3.63, 3.8) is 0 Å². The molecule has 0 aliphatic carbocycles. The lowest BCUT2D eigenvalue weighted by Gasteiger charge is -1.98. The molecule has 0 radical (unpaired) electrons. The molecule has 0 spiro atoms. The zero-order chi connectivity index (χ0) is 12.8. The average Bonchev–Trinajstić information content (AvgIpc) is 2.93. The van der Waals surface area contributed by atoms with E-state index < -0.39 is 0 Å². The lowest BCUT2D eigenvalue weighted by molar-refractivity contribution is -0.671. The molecule has 0 fully saturated rings. The third-order valence-corrected chi connectivity index (χ3v) is 3.23. The van der Waals surface area contributed by atoms with Crippen LogP contribution in [0.2, 0.25) is 0 Å². The summed E-state index contributed by atoms with van der Waals surface area (Å²) < 4.78 is 8.69. The molecular weight excluding hydrogens is 248 g/mol. The van der Waals surface area contributed by atoms with Gasteiger partial charge in [0, 0.05) is 0 Å². The van der Waals surface area contributed by atoms with Crippen LogP contribution in [0.4, 0.5) is 0 Å². The Labute approximate surface area is 124 Å². The molecule has 4 nitrogen and oxygen atoms in total. The first-order valence-electron chi connectivity index (χ1n) is 6.76. The number of aromatic nitrogens is 4. The first-order valence-corrected chi connectivity index (χ1v) is 6.76. The average molecular weight is 280 g/mol. The SMILES string of the molecule is C.C.C[n+]1ccn(CCCCCCn2cc[n+](C)c2)c1. The zero-order valence-electron chi connectivity index (χ0n) is 11.5. The van der Waals surface area contributed by atoms with Gasteiger partial charge in [-0.05, 0) is 25.7 Å². The monoisotopic (exact) mass is 280 g/mol. The molecule has 0 bridgehead atoms. The maximum absolute atomic E-state index is 2.26. The fourth-order valence-corrected chi connectivity index (χ4v) is 2.21. The Morgan fingerprint density at radius 1 is 0.700 bits per heavy atom. The molecule has 0 saturated heterocycles. The third-order valence-electron chi connectivity index (χ3n) is 3.23. The molecule has 0 aromatic carbocycles. The summed E-state index contributed by atoms with van der Waals surface area (Å²) in [5, 5.41) is 0. The second-order valence-electron chi connectivity index (χ2n) is 5.05. The summed E-state index contributed by atoms with van der Waals surface area (Å²) in [6.45, 7) is 2.28. The Morgan fingerprint density at radius 3 is 1.40 bits per heavy atom. The Hall–Kier alpha value is -1.58. The van der Waals surface area contributed by atoms with Crippen LogP contribution in [0, 0.1) is 0 Å². The topological polar surface area (TPSA) is 17.6 Å². The van der Waals surface area contributed by atoms with Crippen molar-refractivity contribution in [1.82, 2.24) is 9.13 Å². The maximum Gasteiger partial charge on any atom is 0.243 e. The molecule has 0 saturated carbocycles. The maximum atomic E-state index is 2.26. The van der Waals surface area contributed by atoms with Gasteiger partial charge in [0.05, 0.1) is 27.2 Å². The number of nitrogens with zero attached hydrogens (tertiary/aromatic N) is 4. The summed E-state index contributed by atoms with van der Waals surface area (Å²) in [4.78, 5) is 0. The molecule has 0 aliphatic heterocycles. The van der Waals surface area contributed by atoms with Gasteiger partial charge in [0.1, 0.15) is 24.8 Å². The van der Waals surface area contributed by atoms with Gasteiger partial charge in [-0.15, -0.1) is 0 Å². The summed E-state index contributed by atoms with van der Waals surface area (Å²) in [5.74, 6) is 0. The molecule has 2 rings (SSSR count). The summed E-state index contributed by atoms with van der Waals surface area (Å²) in [6, 6.07) is 0. The fraction of sp³-hybridized carbons (Fsp3) is 0.625. The summed E-state index contributed by atoms with van der Waals surface area (Å²) in [6.07, 6.45) is 17.9. The first-order chi connectivity index (χ1) is 8.74. The van der Waals surface area contributed by atoms with Crippen LogP contribution in [0.3, 0.4) is 0 Å². The van der Waals surface area contributed by atoms with Crippen LogP contribution < -0.4 is 9.13 Å². The second-order valence-corrected chi connectivity index (χ2v) is 5.05. The Kier molecular flexibility index (Phi) is 8.61. The van der Waals surface area contributed by atoms with Gasteiger partial charge < -0.3 is 0 Å². The molecule has 0 atom stereocenters. The van der Waals surface area contributed by atoms with Gasteiger partial charge in [0.15, 0.2) is 0 Å². The van der Waals surface area contributed by atoms with Crippen molar-refractivity contribution in [2.75, 3.05) is 0 Å². The third kappa shape index (κ3) is 6.04. The number of rotatable bonds is 7. The van der Waals surface area contributed by atoms with Gasteiger partial charge in [-0.2, -0.15) is 0 Å². The predicted octanol–water partition coefficient (Wildman–Crippen LogP) is 2.47. The van der Waals surface area contributed by atoms with Gasteiger partial charge in [-0.3, -0.25) is 0 Å². The van der Waals surface area contributed by atoms with E-state index in [0.29, 0.717) is 0 Å². The van der Waals surface area contributed by atoms with E-state index in [1.807, 2.05) is 0 Å². The van der Waals surface area contributed by atoms with Crippen LogP contribution in [0.1, 0.15) is 40.5 Å². The minimum atomic E-state index is 0. The molecule has 2 heterocycles. The van der Waals surface area contributed by atoms with Gasteiger partial charge in [0.2, 0.25) is 12.7 Å². The lowest BCUT2D eigenvalue weighted by Crippen LogP contribution is -2.23. The second kappa shape index (κ2) is 9.34. The lowest BCUT2D eigenvalue weighted by atomic mass is 10.2. The van der Waals surface area contributed by atoms with E-state index in [1.165, 1.54) is 25.7 Å². The standard InChI is InChI=1S/C14H24N4.2CH4/c1-15-9-11-17(13-15)7-5-3-4-6-8-18-12-10-16(2)14-18;;/h9-14H,3-8H2,1-2H3;2*1H4/q+2;;. The molecule has 0 unspecified atom stereocenters. The van der Waals surface area contributed by atoms with Crippen molar-refractivity contribution < 1.29 is 9.13 Å². The van der Waals surface area contributed by atoms with Crippen molar-refractivity contribution in [2.45, 2.75) is 53.6 Å². The van der Waals surface area contributed by atoms with E-state index >= 15 is 0 Å². The minimum absolute atomic E-state index is 0. The highest BCUT2D eigenvalue weighted by Crippen LogP contribution is 2.03. The normalized spacial score (nSPS) is 9.90. The highest BCUT2D eigenvalue weighted by Gasteiger charge is 2.01. The van der Waals surface area contributed by atoms with Crippen LogP contribution in [-0.2, 0) is 27.2 Å². The molecule has 4 heteroatoms. The van der Waals surface area contributed by atoms with Gasteiger partial charge in [-0.25, -0.2) is 18.3 Å². The molecule has 0 N–H and O–H groups in total. The van der Waals surface area contributed by atoms with Crippen molar-refractivity contribution in [3.8, 4) is 0 Å². The van der Waals surface area contributed by atoms with Crippen LogP contribution in [0.15, 0.2) is 37.4 Å². The van der Waals surface area contributed by atoms with Crippen LogP contribution in [-0.4, -0.2) is 9.13 Å². The highest BCUT2D eigenvalue weighted by molar-refractivity contribution is 4.67. The van der Waals surface area contributed by atoms with Gasteiger partial charge in [-0.1, -0.05) is 14.9 Å². The predicted molar refractivity (Wildman–Crippen MR) is 83.1 cm³/mol. The van der Waals surface area contributed by atoms with Crippen molar-refractivity contribution in [2.24, 2.45) is 14.1 Å². The molecular formula is C16H32N4+2. The summed E-state index contributed by atoms with van der Waals surface area (Å²) >= 11 is 0. The Balaban J connectivity index is 0.00000180. The number of hydrogen-bond donors (Lipinski definition) is 0. The van der Waals surface area contributed by atoms with Crippen molar-refractivity contribution in [3.05, 3.63) is 37.4 Å². The molecule has 114 valence electrons. The van der Waals surface area contributed by atoms with Crippen molar-refractivity contribution >= 4 is 0 Å². The van der Waals surface area contributed by atoms with E-state index in [-0.39, 0.29) is 14.9 Å². The highest BCUT2D eigenvalue weighted by atomic mass is 15.1. The smallest absolute Gasteiger partial charge is 0.240 e.